The van der Waals surface area contributed by atoms with Gasteiger partial charge in [0.05, 0.1) is 11.4 Å². The van der Waals surface area contributed by atoms with Crippen LogP contribution in [0.1, 0.15) is 51.8 Å². The molecule has 0 radical (unpaired) electrons. The molecule has 158 valence electrons. The molecule has 31 heavy (non-hydrogen) atoms. The van der Waals surface area contributed by atoms with Crippen LogP contribution in [0.5, 0.6) is 0 Å². The van der Waals surface area contributed by atoms with Crippen molar-refractivity contribution < 1.29 is 13.9 Å². The number of carbonyl (C=O) groups excluding carboxylic acids is 1. The summed E-state index contributed by atoms with van der Waals surface area (Å²) in [6, 6.07) is 13.7. The fraction of sp³-hybridized carbons (Fsp3) is 0.261. The Morgan fingerprint density at radius 2 is 1.68 bits per heavy atom. The Balaban J connectivity index is 1.51. The summed E-state index contributed by atoms with van der Waals surface area (Å²) in [5.74, 6) is -0.0191. The first-order valence-electron chi connectivity index (χ1n) is 9.95. The van der Waals surface area contributed by atoms with Gasteiger partial charge in [-0.15, -0.1) is 15.3 Å². The van der Waals surface area contributed by atoms with E-state index in [-0.39, 0.29) is 11.6 Å². The largest absolute Gasteiger partial charge is 0.448 e. The normalized spacial score (nSPS) is 12.0. The van der Waals surface area contributed by atoms with Gasteiger partial charge in [-0.3, -0.25) is 0 Å². The van der Waals surface area contributed by atoms with E-state index in [9.17, 15) is 4.79 Å². The lowest BCUT2D eigenvalue weighted by atomic mass is 10.1. The number of ether oxygens (including phenoxy) is 1. The molecule has 0 spiro atoms. The third-order valence-electron chi connectivity index (χ3n) is 4.91. The summed E-state index contributed by atoms with van der Waals surface area (Å²) < 4.78 is 11.2. The van der Waals surface area contributed by atoms with Crippen LogP contribution < -0.4 is 0 Å². The van der Waals surface area contributed by atoms with Gasteiger partial charge in [-0.25, -0.2) is 4.79 Å². The summed E-state index contributed by atoms with van der Waals surface area (Å²) in [6.45, 7) is 9.39. The topological polar surface area (TPSA) is 95.9 Å². The van der Waals surface area contributed by atoms with E-state index in [1.807, 2.05) is 63.2 Å². The lowest BCUT2D eigenvalue weighted by Gasteiger charge is -2.08. The molecule has 0 bridgehead atoms. The molecule has 4 rings (SSSR count). The minimum Gasteiger partial charge on any atom is -0.448 e. The van der Waals surface area contributed by atoms with Crippen molar-refractivity contribution in [2.75, 3.05) is 0 Å². The van der Waals surface area contributed by atoms with Crippen molar-refractivity contribution in [2.24, 2.45) is 0 Å². The number of esters is 1. The van der Waals surface area contributed by atoms with Crippen molar-refractivity contribution >= 4 is 5.97 Å². The first-order chi connectivity index (χ1) is 14.8. The Kier molecular flexibility index (Phi) is 5.37. The lowest BCUT2D eigenvalue weighted by Crippen LogP contribution is -2.12. The molecule has 0 aliphatic rings. The molecule has 0 amide bonds. The molecule has 0 saturated heterocycles. The minimum atomic E-state index is -0.732. The van der Waals surface area contributed by atoms with E-state index in [0.29, 0.717) is 11.6 Å². The van der Waals surface area contributed by atoms with Gasteiger partial charge in [0.1, 0.15) is 0 Å². The van der Waals surface area contributed by atoms with Gasteiger partial charge in [-0.1, -0.05) is 35.4 Å². The summed E-state index contributed by atoms with van der Waals surface area (Å²) in [6.07, 6.45) is -0.732. The van der Waals surface area contributed by atoms with Gasteiger partial charge in [0, 0.05) is 5.56 Å². The predicted octanol–water partition coefficient (Wildman–Crippen LogP) is 4.47. The van der Waals surface area contributed by atoms with Gasteiger partial charge in [0.15, 0.2) is 11.8 Å². The van der Waals surface area contributed by atoms with Crippen LogP contribution in [0.2, 0.25) is 0 Å². The SMILES string of the molecule is Cc1ccc(-c2nnc([C@@H](C)OC(=O)c3nn(-c4ccc(C)cc4C)nc3C)o2)cc1. The van der Waals surface area contributed by atoms with Crippen LogP contribution >= 0.6 is 0 Å². The fourth-order valence-electron chi connectivity index (χ4n) is 3.18. The van der Waals surface area contributed by atoms with Crippen LogP contribution in [-0.4, -0.2) is 31.2 Å². The lowest BCUT2D eigenvalue weighted by molar-refractivity contribution is 0.0271. The van der Waals surface area contributed by atoms with Crippen LogP contribution in [0.15, 0.2) is 46.9 Å². The zero-order chi connectivity index (χ0) is 22.1. The zero-order valence-corrected chi connectivity index (χ0v) is 18.1. The van der Waals surface area contributed by atoms with Crippen molar-refractivity contribution in [2.45, 2.75) is 40.7 Å². The molecule has 1 atom stereocenters. The van der Waals surface area contributed by atoms with Crippen LogP contribution in [0.3, 0.4) is 0 Å². The summed E-state index contributed by atoms with van der Waals surface area (Å²) >= 11 is 0. The fourth-order valence-corrected chi connectivity index (χ4v) is 3.18. The molecular formula is C23H23N5O3. The second kappa shape index (κ2) is 8.14. The van der Waals surface area contributed by atoms with E-state index in [0.717, 1.165) is 27.9 Å². The number of benzene rings is 2. The van der Waals surface area contributed by atoms with Crippen molar-refractivity contribution in [3.63, 3.8) is 0 Å². The standard InChI is InChI=1S/C23H23N5O3/c1-13-6-9-18(10-7-13)22-25-24-21(31-22)17(5)30-23(29)20-16(4)26-28(27-20)19-11-8-14(2)12-15(19)3/h6-12,17H,1-5H3/t17-/m1/s1. The molecule has 0 saturated carbocycles. The Hall–Kier alpha value is -3.81. The Morgan fingerprint density at radius 1 is 0.968 bits per heavy atom. The molecule has 2 aromatic heterocycles. The molecule has 0 fully saturated rings. The molecular weight excluding hydrogens is 394 g/mol. The number of aryl methyl sites for hydroxylation is 4. The van der Waals surface area contributed by atoms with Crippen LogP contribution in [0.4, 0.5) is 0 Å². The summed E-state index contributed by atoms with van der Waals surface area (Å²) in [7, 11) is 0. The van der Waals surface area contributed by atoms with Gasteiger partial charge in [-0.05, 0) is 58.4 Å². The molecule has 8 nitrogen and oxygen atoms in total. The van der Waals surface area contributed by atoms with Gasteiger partial charge in [0.25, 0.3) is 5.89 Å². The molecule has 0 unspecified atom stereocenters. The molecule has 0 aliphatic heterocycles. The maximum atomic E-state index is 12.7. The Labute approximate surface area is 179 Å². The zero-order valence-electron chi connectivity index (χ0n) is 18.1. The van der Waals surface area contributed by atoms with E-state index in [2.05, 4.69) is 20.4 Å². The summed E-state index contributed by atoms with van der Waals surface area (Å²) in [5.41, 5.74) is 5.51. The number of hydrogen-bond donors (Lipinski definition) is 0. The second-order valence-corrected chi connectivity index (χ2v) is 7.57. The highest BCUT2D eigenvalue weighted by Crippen LogP contribution is 2.24. The Bertz CT molecular complexity index is 1240. The number of rotatable bonds is 5. The van der Waals surface area contributed by atoms with Gasteiger partial charge >= 0.3 is 5.97 Å². The van der Waals surface area contributed by atoms with Gasteiger partial charge in [0.2, 0.25) is 5.89 Å². The van der Waals surface area contributed by atoms with E-state index in [1.165, 1.54) is 4.80 Å². The third kappa shape index (κ3) is 4.23. The molecule has 0 N–H and O–H groups in total. The van der Waals surface area contributed by atoms with E-state index in [1.54, 1.807) is 13.8 Å². The number of aromatic nitrogens is 5. The highest BCUT2D eigenvalue weighted by atomic mass is 16.6. The average molecular weight is 417 g/mol. The van der Waals surface area contributed by atoms with Crippen molar-refractivity contribution in [1.82, 2.24) is 25.2 Å². The van der Waals surface area contributed by atoms with Gasteiger partial charge < -0.3 is 9.15 Å². The molecule has 2 heterocycles. The summed E-state index contributed by atoms with van der Waals surface area (Å²) in [4.78, 5) is 14.2. The van der Waals surface area contributed by atoms with Crippen molar-refractivity contribution in [3.05, 3.63) is 76.4 Å². The first-order valence-corrected chi connectivity index (χ1v) is 9.95. The summed E-state index contributed by atoms with van der Waals surface area (Å²) in [5, 5.41) is 16.8. The molecule has 2 aromatic carbocycles. The monoisotopic (exact) mass is 417 g/mol. The van der Waals surface area contributed by atoms with Crippen LogP contribution in [0.25, 0.3) is 17.1 Å². The van der Waals surface area contributed by atoms with E-state index >= 15 is 0 Å². The number of carbonyl (C=O) groups is 1. The Morgan fingerprint density at radius 3 is 2.39 bits per heavy atom. The van der Waals surface area contributed by atoms with Crippen LogP contribution in [0, 0.1) is 27.7 Å². The van der Waals surface area contributed by atoms with Crippen molar-refractivity contribution in [3.8, 4) is 17.1 Å². The predicted molar refractivity (Wildman–Crippen MR) is 114 cm³/mol. The number of nitrogens with zero attached hydrogens (tertiary/aromatic N) is 5. The highest BCUT2D eigenvalue weighted by Gasteiger charge is 2.24. The van der Waals surface area contributed by atoms with Gasteiger partial charge in [-0.2, -0.15) is 9.90 Å². The minimum absolute atomic E-state index is 0.144. The molecule has 4 aromatic rings. The smallest absolute Gasteiger partial charge is 0.361 e. The van der Waals surface area contributed by atoms with E-state index in [4.69, 9.17) is 9.15 Å². The molecule has 0 aliphatic carbocycles. The maximum absolute atomic E-state index is 12.7. The quantitative estimate of drug-likeness (QED) is 0.442. The van der Waals surface area contributed by atoms with Crippen molar-refractivity contribution in [1.29, 1.82) is 0 Å². The molecule has 8 heteroatoms. The first kappa shape index (κ1) is 20.5. The highest BCUT2D eigenvalue weighted by molar-refractivity contribution is 5.88. The average Bonchev–Trinajstić information content (AvgIpc) is 3.36. The van der Waals surface area contributed by atoms with Crippen LogP contribution in [-0.2, 0) is 4.74 Å². The van der Waals surface area contributed by atoms with E-state index < -0.39 is 12.1 Å². The number of hydrogen-bond acceptors (Lipinski definition) is 7. The maximum Gasteiger partial charge on any atom is 0.361 e. The third-order valence-corrected chi connectivity index (χ3v) is 4.91. The second-order valence-electron chi connectivity index (χ2n) is 7.57.